The first-order valence-electron chi connectivity index (χ1n) is 9.97. The number of ketones is 1. The Labute approximate surface area is 162 Å². The molecule has 3 atom stereocenters. The molecule has 5 nitrogen and oxygen atoms in total. The molecule has 1 amide bonds. The van der Waals surface area contributed by atoms with Gasteiger partial charge in [0, 0.05) is 38.4 Å². The Balaban J connectivity index is 1.57. The van der Waals surface area contributed by atoms with Gasteiger partial charge in [-0.2, -0.15) is 0 Å². The van der Waals surface area contributed by atoms with E-state index in [1.165, 1.54) is 12.1 Å². The first-order valence-corrected chi connectivity index (χ1v) is 9.97. The smallest absolute Gasteiger partial charge is 0.258 e. The monoisotopic (exact) mass is 382 g/mol. The van der Waals surface area contributed by atoms with Gasteiger partial charge in [-0.1, -0.05) is 12.1 Å². The SMILES string of the molecule is Cc1oc2c(c1C(=O)N1C[C@@H]3CNC[C@@H]3[C@@H]1c1cccc(F)c1)C(=O)CCC2. The molecule has 6 heteroatoms. The molecule has 5 rings (SSSR count). The number of carbonyl (C=O) groups excluding carboxylic acids is 2. The molecular formula is C22H23FN2O3. The van der Waals surface area contributed by atoms with Crippen molar-refractivity contribution in [3.8, 4) is 0 Å². The first kappa shape index (κ1) is 17.6. The van der Waals surface area contributed by atoms with E-state index in [2.05, 4.69) is 5.32 Å². The lowest BCUT2D eigenvalue weighted by atomic mass is 9.89. The zero-order valence-electron chi connectivity index (χ0n) is 15.8. The molecule has 0 spiro atoms. The van der Waals surface area contributed by atoms with Crippen LogP contribution in [-0.4, -0.2) is 36.2 Å². The summed E-state index contributed by atoms with van der Waals surface area (Å²) in [5.41, 5.74) is 1.70. The molecule has 0 radical (unpaired) electrons. The first-order chi connectivity index (χ1) is 13.5. The van der Waals surface area contributed by atoms with Crippen LogP contribution in [0, 0.1) is 24.6 Å². The van der Waals surface area contributed by atoms with Crippen LogP contribution in [0.3, 0.4) is 0 Å². The van der Waals surface area contributed by atoms with Crippen molar-refractivity contribution < 1.29 is 18.4 Å². The number of rotatable bonds is 2. The molecule has 28 heavy (non-hydrogen) atoms. The van der Waals surface area contributed by atoms with Gasteiger partial charge in [-0.05, 0) is 37.0 Å². The van der Waals surface area contributed by atoms with Gasteiger partial charge in [0.25, 0.3) is 5.91 Å². The lowest BCUT2D eigenvalue weighted by molar-refractivity contribution is 0.0707. The maximum Gasteiger partial charge on any atom is 0.258 e. The van der Waals surface area contributed by atoms with Crippen LogP contribution in [0.15, 0.2) is 28.7 Å². The fourth-order valence-electron chi connectivity index (χ4n) is 5.26. The highest BCUT2D eigenvalue weighted by Gasteiger charge is 2.48. The van der Waals surface area contributed by atoms with Crippen LogP contribution < -0.4 is 5.32 Å². The van der Waals surface area contributed by atoms with Gasteiger partial charge in [0.2, 0.25) is 0 Å². The molecule has 0 unspecified atom stereocenters. The van der Waals surface area contributed by atoms with Crippen molar-refractivity contribution in [1.29, 1.82) is 0 Å². The second-order valence-corrected chi connectivity index (χ2v) is 8.15. The van der Waals surface area contributed by atoms with E-state index in [1.54, 1.807) is 13.0 Å². The minimum Gasteiger partial charge on any atom is -0.465 e. The summed E-state index contributed by atoms with van der Waals surface area (Å²) >= 11 is 0. The molecule has 2 saturated heterocycles. The summed E-state index contributed by atoms with van der Waals surface area (Å²) in [6.07, 6.45) is 1.91. The van der Waals surface area contributed by atoms with Crippen LogP contribution in [0.1, 0.15) is 56.7 Å². The minimum absolute atomic E-state index is 0.00943. The van der Waals surface area contributed by atoms with Gasteiger partial charge in [-0.15, -0.1) is 0 Å². The number of furan rings is 1. The Bertz CT molecular complexity index is 967. The van der Waals surface area contributed by atoms with Crippen LogP contribution in [-0.2, 0) is 6.42 Å². The van der Waals surface area contributed by atoms with Gasteiger partial charge < -0.3 is 14.6 Å². The quantitative estimate of drug-likeness (QED) is 0.866. The summed E-state index contributed by atoms with van der Waals surface area (Å²) in [5, 5.41) is 3.40. The molecule has 1 aromatic carbocycles. The molecule has 0 saturated carbocycles. The zero-order valence-corrected chi connectivity index (χ0v) is 15.8. The standard InChI is InChI=1S/C22H23FN2O3/c1-12-19(20-17(26)6-3-7-18(20)28-12)22(27)25-11-14-9-24-10-16(14)21(25)13-4-2-5-15(23)8-13/h2,4-5,8,14,16,21,24H,3,6-7,9-11H2,1H3/t14-,16-,21-/m0/s1. The second-order valence-electron chi connectivity index (χ2n) is 8.15. The second kappa shape index (κ2) is 6.55. The molecule has 2 fully saturated rings. The van der Waals surface area contributed by atoms with Crippen LogP contribution in [0.5, 0.6) is 0 Å². The predicted molar refractivity (Wildman–Crippen MR) is 101 cm³/mol. The summed E-state index contributed by atoms with van der Waals surface area (Å²) in [6.45, 7) is 4.01. The molecule has 1 aromatic heterocycles. The Morgan fingerprint density at radius 1 is 1.29 bits per heavy atom. The number of hydrogen-bond acceptors (Lipinski definition) is 4. The van der Waals surface area contributed by atoms with Crippen molar-refractivity contribution in [3.05, 3.63) is 58.3 Å². The van der Waals surface area contributed by atoms with Gasteiger partial charge in [0.1, 0.15) is 17.3 Å². The molecule has 1 N–H and O–H groups in total. The van der Waals surface area contributed by atoms with Crippen LogP contribution in [0.4, 0.5) is 4.39 Å². The average molecular weight is 382 g/mol. The summed E-state index contributed by atoms with van der Waals surface area (Å²) < 4.78 is 19.7. The molecule has 2 aromatic rings. The largest absolute Gasteiger partial charge is 0.465 e. The number of aryl methyl sites for hydroxylation is 2. The number of nitrogens with zero attached hydrogens (tertiary/aromatic N) is 1. The number of carbonyl (C=O) groups is 2. The van der Waals surface area contributed by atoms with Gasteiger partial charge in [0.15, 0.2) is 5.78 Å². The number of halogens is 1. The lowest BCUT2D eigenvalue weighted by Crippen LogP contribution is -2.35. The highest BCUT2D eigenvalue weighted by atomic mass is 19.1. The number of hydrogen-bond donors (Lipinski definition) is 1. The van der Waals surface area contributed by atoms with E-state index in [-0.39, 0.29) is 29.5 Å². The molecule has 3 aliphatic rings. The van der Waals surface area contributed by atoms with E-state index in [1.807, 2.05) is 11.0 Å². The van der Waals surface area contributed by atoms with Crippen LogP contribution in [0.25, 0.3) is 0 Å². The maximum absolute atomic E-state index is 13.9. The summed E-state index contributed by atoms with van der Waals surface area (Å²) in [4.78, 5) is 28.0. The van der Waals surface area contributed by atoms with Crippen molar-refractivity contribution in [2.75, 3.05) is 19.6 Å². The van der Waals surface area contributed by atoms with Gasteiger partial charge in [0.05, 0.1) is 17.2 Å². The number of Topliss-reactive ketones (excluding diaryl/α,β-unsaturated/α-hetero) is 1. The van der Waals surface area contributed by atoms with Crippen molar-refractivity contribution >= 4 is 11.7 Å². The Morgan fingerprint density at radius 3 is 2.96 bits per heavy atom. The number of benzene rings is 1. The summed E-state index contributed by atoms with van der Waals surface area (Å²) in [5.74, 6) is 1.25. The summed E-state index contributed by atoms with van der Waals surface area (Å²) in [6, 6.07) is 6.32. The predicted octanol–water partition coefficient (Wildman–Crippen LogP) is 3.28. The van der Waals surface area contributed by atoms with Crippen LogP contribution >= 0.6 is 0 Å². The molecule has 0 bridgehead atoms. The van der Waals surface area contributed by atoms with Crippen molar-refractivity contribution in [2.45, 2.75) is 32.2 Å². The number of nitrogens with one attached hydrogen (secondary N) is 1. The van der Waals surface area contributed by atoms with Crippen molar-refractivity contribution in [2.24, 2.45) is 11.8 Å². The Morgan fingerprint density at radius 2 is 2.14 bits per heavy atom. The highest BCUT2D eigenvalue weighted by molar-refractivity contribution is 6.10. The van der Waals surface area contributed by atoms with Crippen molar-refractivity contribution in [1.82, 2.24) is 10.2 Å². The molecule has 1 aliphatic carbocycles. The van der Waals surface area contributed by atoms with Gasteiger partial charge in [-0.3, -0.25) is 9.59 Å². The minimum atomic E-state index is -0.300. The van der Waals surface area contributed by atoms with E-state index in [0.717, 1.165) is 25.1 Å². The fraction of sp³-hybridized carbons (Fsp3) is 0.455. The summed E-state index contributed by atoms with van der Waals surface area (Å²) in [7, 11) is 0. The van der Waals surface area contributed by atoms with E-state index >= 15 is 0 Å². The highest BCUT2D eigenvalue weighted by Crippen LogP contribution is 2.44. The molecular weight excluding hydrogens is 359 g/mol. The number of likely N-dealkylation sites (tertiary alicyclic amines) is 1. The molecule has 2 aliphatic heterocycles. The lowest BCUT2D eigenvalue weighted by Gasteiger charge is -2.29. The molecule has 3 heterocycles. The maximum atomic E-state index is 13.9. The van der Waals surface area contributed by atoms with E-state index < -0.39 is 0 Å². The number of fused-ring (bicyclic) bond motifs is 2. The Kier molecular flexibility index (Phi) is 4.12. The fourth-order valence-corrected chi connectivity index (χ4v) is 5.26. The van der Waals surface area contributed by atoms with Crippen molar-refractivity contribution in [3.63, 3.8) is 0 Å². The van der Waals surface area contributed by atoms with Gasteiger partial charge >= 0.3 is 0 Å². The molecule has 146 valence electrons. The van der Waals surface area contributed by atoms with E-state index in [9.17, 15) is 14.0 Å². The zero-order chi connectivity index (χ0) is 19.4. The number of amides is 1. The normalized spacial score (nSPS) is 26.4. The third-order valence-corrected chi connectivity index (χ3v) is 6.47. The average Bonchev–Trinajstić information content (AvgIpc) is 3.33. The third kappa shape index (κ3) is 2.62. The van der Waals surface area contributed by atoms with E-state index in [0.29, 0.717) is 48.0 Å². The van der Waals surface area contributed by atoms with Gasteiger partial charge in [-0.25, -0.2) is 4.39 Å². The van der Waals surface area contributed by atoms with E-state index in [4.69, 9.17) is 4.42 Å². The Hall–Kier alpha value is -2.47. The topological polar surface area (TPSA) is 62.6 Å². The van der Waals surface area contributed by atoms with Crippen LogP contribution in [0.2, 0.25) is 0 Å². The third-order valence-electron chi connectivity index (χ3n) is 6.47.